The standard InChI is InChI=1S/C27H32N8O2S/c1-33-11-13-34(14-12-33)22-6-4-21(5-7-22)30-26-29-18-24-25(32-26)35(23-8-15-37-16-9-23)27(31-24)38(36)19-20-3-2-10-28-17-20/h2-7,10,17-18,23H,8-9,11-16,19H2,1H3,(H,29,30,32). The van der Waals surface area contributed by atoms with E-state index in [9.17, 15) is 4.21 Å². The molecule has 5 heterocycles. The van der Waals surface area contributed by atoms with Gasteiger partial charge in [-0.15, -0.1) is 0 Å². The second kappa shape index (κ2) is 11.1. The number of imidazole rings is 1. The van der Waals surface area contributed by atoms with E-state index in [1.807, 2.05) is 16.7 Å². The van der Waals surface area contributed by atoms with Gasteiger partial charge in [0.05, 0.1) is 22.7 Å². The van der Waals surface area contributed by atoms with Crippen LogP contribution in [0.1, 0.15) is 24.4 Å². The summed E-state index contributed by atoms with van der Waals surface area (Å²) in [5.41, 5.74) is 4.38. The van der Waals surface area contributed by atoms with Gasteiger partial charge < -0.3 is 19.9 Å². The van der Waals surface area contributed by atoms with Gasteiger partial charge in [0.2, 0.25) is 11.1 Å². The number of likely N-dealkylation sites (N-methyl/N-ethyl adjacent to an activating group) is 1. The monoisotopic (exact) mass is 532 g/mol. The number of nitrogens with zero attached hydrogens (tertiary/aromatic N) is 7. The third-order valence-corrected chi connectivity index (χ3v) is 8.46. The topological polar surface area (TPSA) is 101 Å². The zero-order chi connectivity index (χ0) is 25.9. The summed E-state index contributed by atoms with van der Waals surface area (Å²) < 4.78 is 21.1. The zero-order valence-corrected chi connectivity index (χ0v) is 22.3. The van der Waals surface area contributed by atoms with E-state index in [2.05, 4.69) is 56.4 Å². The van der Waals surface area contributed by atoms with Gasteiger partial charge in [-0.1, -0.05) is 6.07 Å². The second-order valence-corrected chi connectivity index (χ2v) is 11.2. The van der Waals surface area contributed by atoms with E-state index in [0.29, 0.717) is 41.2 Å². The van der Waals surface area contributed by atoms with Gasteiger partial charge >= 0.3 is 0 Å². The Morgan fingerprint density at radius 3 is 2.55 bits per heavy atom. The van der Waals surface area contributed by atoms with Gasteiger partial charge in [-0.2, -0.15) is 4.98 Å². The van der Waals surface area contributed by atoms with Gasteiger partial charge in [-0.3, -0.25) is 13.8 Å². The Balaban J connectivity index is 1.27. The van der Waals surface area contributed by atoms with E-state index < -0.39 is 10.8 Å². The summed E-state index contributed by atoms with van der Waals surface area (Å²) in [5.74, 6) is 0.834. The lowest BCUT2D eigenvalue weighted by atomic mass is 10.1. The number of nitrogens with one attached hydrogen (secondary N) is 1. The van der Waals surface area contributed by atoms with Crippen LogP contribution in [0.2, 0.25) is 0 Å². The number of hydrogen-bond donors (Lipinski definition) is 1. The highest BCUT2D eigenvalue weighted by molar-refractivity contribution is 7.84. The molecule has 2 aliphatic rings. The van der Waals surface area contributed by atoms with Crippen molar-refractivity contribution in [2.24, 2.45) is 0 Å². The van der Waals surface area contributed by atoms with Crippen LogP contribution < -0.4 is 10.2 Å². The Morgan fingerprint density at radius 2 is 1.82 bits per heavy atom. The van der Waals surface area contributed by atoms with Crippen molar-refractivity contribution in [2.75, 3.05) is 56.7 Å². The largest absolute Gasteiger partial charge is 0.381 e. The Hall–Kier alpha value is -3.41. The highest BCUT2D eigenvalue weighted by Gasteiger charge is 2.26. The van der Waals surface area contributed by atoms with E-state index in [1.165, 1.54) is 5.69 Å². The molecule has 0 radical (unpaired) electrons. The molecule has 0 spiro atoms. The van der Waals surface area contributed by atoms with E-state index >= 15 is 0 Å². The predicted octanol–water partition coefficient (Wildman–Crippen LogP) is 3.38. The van der Waals surface area contributed by atoms with Crippen molar-refractivity contribution in [3.8, 4) is 0 Å². The van der Waals surface area contributed by atoms with E-state index in [1.54, 1.807) is 18.6 Å². The molecule has 38 heavy (non-hydrogen) atoms. The Labute approximate surface area is 224 Å². The molecule has 3 aromatic heterocycles. The number of fused-ring (bicyclic) bond motifs is 1. The molecule has 2 saturated heterocycles. The predicted molar refractivity (Wildman–Crippen MR) is 148 cm³/mol. The molecule has 198 valence electrons. The Kier molecular flexibility index (Phi) is 7.30. The summed E-state index contributed by atoms with van der Waals surface area (Å²) >= 11 is 0. The van der Waals surface area contributed by atoms with Crippen LogP contribution in [0, 0.1) is 0 Å². The summed E-state index contributed by atoms with van der Waals surface area (Å²) in [7, 11) is 0.806. The molecule has 0 saturated carbocycles. The molecule has 2 fully saturated rings. The molecule has 1 unspecified atom stereocenters. The maximum Gasteiger partial charge on any atom is 0.229 e. The lowest BCUT2D eigenvalue weighted by Crippen LogP contribution is -2.44. The third-order valence-electron chi connectivity index (χ3n) is 7.17. The van der Waals surface area contributed by atoms with Crippen LogP contribution in [-0.2, 0) is 21.3 Å². The number of ether oxygens (including phenoxy) is 1. The van der Waals surface area contributed by atoms with Crippen LogP contribution in [0.4, 0.5) is 17.3 Å². The van der Waals surface area contributed by atoms with Crippen LogP contribution >= 0.6 is 0 Å². The third kappa shape index (κ3) is 5.40. The number of anilines is 3. The van der Waals surface area contributed by atoms with E-state index in [-0.39, 0.29) is 6.04 Å². The smallest absolute Gasteiger partial charge is 0.229 e. The Bertz CT molecular complexity index is 1400. The minimum atomic E-state index is -1.36. The highest BCUT2D eigenvalue weighted by Crippen LogP contribution is 2.30. The van der Waals surface area contributed by atoms with Crippen molar-refractivity contribution in [1.29, 1.82) is 0 Å². The Morgan fingerprint density at radius 1 is 1.03 bits per heavy atom. The molecule has 10 nitrogen and oxygen atoms in total. The summed E-state index contributed by atoms with van der Waals surface area (Å²) in [4.78, 5) is 23.0. The average Bonchev–Trinajstić information content (AvgIpc) is 3.34. The summed E-state index contributed by atoms with van der Waals surface area (Å²) in [5, 5.41) is 3.87. The number of hydrogen-bond acceptors (Lipinski definition) is 9. The molecular weight excluding hydrogens is 500 g/mol. The number of aromatic nitrogens is 5. The quantitative estimate of drug-likeness (QED) is 0.384. The van der Waals surface area contributed by atoms with Crippen molar-refractivity contribution in [2.45, 2.75) is 29.8 Å². The fraction of sp³-hybridized carbons (Fsp3) is 0.407. The SMILES string of the molecule is CN1CCN(c2ccc(Nc3ncc4nc(S(=O)Cc5cccnc5)n(C5CCOCC5)c4n3)cc2)CC1. The average molecular weight is 533 g/mol. The van der Waals surface area contributed by atoms with Crippen molar-refractivity contribution >= 4 is 39.3 Å². The summed E-state index contributed by atoms with van der Waals surface area (Å²) in [6, 6.07) is 12.3. The van der Waals surface area contributed by atoms with Crippen molar-refractivity contribution in [3.63, 3.8) is 0 Å². The lowest BCUT2D eigenvalue weighted by Gasteiger charge is -2.34. The van der Waals surface area contributed by atoms with Gasteiger partial charge in [0, 0.05) is 69.2 Å². The second-order valence-electron chi connectivity index (χ2n) is 9.82. The lowest BCUT2D eigenvalue weighted by molar-refractivity contribution is 0.0682. The van der Waals surface area contributed by atoms with Gasteiger partial charge in [-0.05, 0) is 55.8 Å². The van der Waals surface area contributed by atoms with Gasteiger partial charge in [0.15, 0.2) is 5.65 Å². The fourth-order valence-electron chi connectivity index (χ4n) is 5.01. The first-order valence-electron chi connectivity index (χ1n) is 13.0. The first kappa shape index (κ1) is 24.9. The molecule has 6 rings (SSSR count). The van der Waals surface area contributed by atoms with Crippen LogP contribution in [0.3, 0.4) is 0 Å². The van der Waals surface area contributed by atoms with Gasteiger partial charge in [0.25, 0.3) is 0 Å². The molecule has 0 amide bonds. The first-order valence-corrected chi connectivity index (χ1v) is 14.4. The van der Waals surface area contributed by atoms with Crippen LogP contribution in [-0.4, -0.2) is 80.1 Å². The number of benzene rings is 1. The first-order chi connectivity index (χ1) is 18.6. The van der Waals surface area contributed by atoms with Crippen molar-refractivity contribution < 1.29 is 8.95 Å². The molecule has 2 aliphatic heterocycles. The van der Waals surface area contributed by atoms with E-state index in [0.717, 1.165) is 50.3 Å². The minimum absolute atomic E-state index is 0.118. The maximum absolute atomic E-state index is 13.5. The van der Waals surface area contributed by atoms with Crippen LogP contribution in [0.5, 0.6) is 0 Å². The van der Waals surface area contributed by atoms with Crippen LogP contribution in [0.15, 0.2) is 60.1 Å². The molecule has 4 aromatic rings. The van der Waals surface area contributed by atoms with Gasteiger partial charge in [0.1, 0.15) is 5.52 Å². The molecule has 11 heteroatoms. The van der Waals surface area contributed by atoms with Crippen molar-refractivity contribution in [3.05, 3.63) is 60.6 Å². The highest BCUT2D eigenvalue weighted by atomic mass is 32.2. The molecule has 0 aliphatic carbocycles. The zero-order valence-electron chi connectivity index (χ0n) is 21.5. The van der Waals surface area contributed by atoms with Crippen LogP contribution in [0.25, 0.3) is 11.2 Å². The molecule has 1 N–H and O–H groups in total. The fourth-order valence-corrected chi connectivity index (χ4v) is 6.27. The molecule has 1 atom stereocenters. The summed E-state index contributed by atoms with van der Waals surface area (Å²) in [6.45, 7) is 5.53. The maximum atomic E-state index is 13.5. The minimum Gasteiger partial charge on any atom is -0.381 e. The molecule has 1 aromatic carbocycles. The number of piperazine rings is 1. The number of pyridine rings is 1. The van der Waals surface area contributed by atoms with Gasteiger partial charge in [-0.25, -0.2) is 9.97 Å². The van der Waals surface area contributed by atoms with Crippen molar-refractivity contribution in [1.82, 2.24) is 29.4 Å². The number of rotatable bonds is 7. The normalized spacial score (nSPS) is 18.1. The molecule has 0 bridgehead atoms. The molecular formula is C27H32N8O2S. The van der Waals surface area contributed by atoms with E-state index in [4.69, 9.17) is 14.7 Å². The summed E-state index contributed by atoms with van der Waals surface area (Å²) in [6.07, 6.45) is 6.82.